The molecule has 1 amide bonds. The molecule has 136 valence electrons. The van der Waals surface area contributed by atoms with Crippen LogP contribution in [0.3, 0.4) is 0 Å². The van der Waals surface area contributed by atoms with Crippen molar-refractivity contribution in [1.82, 2.24) is 4.98 Å². The van der Waals surface area contributed by atoms with Gasteiger partial charge in [0.05, 0.1) is 18.5 Å². The molecule has 0 radical (unpaired) electrons. The van der Waals surface area contributed by atoms with Crippen LogP contribution in [0.4, 0.5) is 17.1 Å². The standard InChI is InChI=1S/C21H19N3O2S/c1-26-21-15(7-6-13-22-21)23-20(25)12-14-24-16-8-2-4-10-18(16)27-19-11-5-3-9-17(19)24/h2-11,13H,12,14H2,1H3,(H,23,25). The minimum atomic E-state index is -0.0745. The molecular formula is C21H19N3O2S. The average molecular weight is 377 g/mol. The highest BCUT2D eigenvalue weighted by Crippen LogP contribution is 2.47. The fourth-order valence-electron chi connectivity index (χ4n) is 3.10. The number of benzene rings is 2. The Bertz CT molecular complexity index is 931. The number of amides is 1. The van der Waals surface area contributed by atoms with Crippen LogP contribution in [-0.2, 0) is 4.79 Å². The van der Waals surface area contributed by atoms with E-state index in [0.29, 0.717) is 24.5 Å². The fraction of sp³-hybridized carbons (Fsp3) is 0.143. The Labute approximate surface area is 162 Å². The van der Waals surface area contributed by atoms with E-state index in [9.17, 15) is 4.79 Å². The van der Waals surface area contributed by atoms with Crippen molar-refractivity contribution in [2.24, 2.45) is 0 Å². The van der Waals surface area contributed by atoms with Gasteiger partial charge in [-0.25, -0.2) is 4.98 Å². The van der Waals surface area contributed by atoms with Gasteiger partial charge in [0.1, 0.15) is 5.69 Å². The molecule has 0 fully saturated rings. The van der Waals surface area contributed by atoms with Gasteiger partial charge in [0, 0.05) is 29.0 Å². The Morgan fingerprint density at radius 3 is 2.37 bits per heavy atom. The molecule has 1 aromatic heterocycles. The third-order valence-electron chi connectivity index (χ3n) is 4.33. The lowest BCUT2D eigenvalue weighted by molar-refractivity contribution is -0.116. The zero-order valence-electron chi connectivity index (χ0n) is 14.9. The van der Waals surface area contributed by atoms with Gasteiger partial charge in [-0.15, -0.1) is 0 Å². The van der Waals surface area contributed by atoms with Crippen molar-refractivity contribution in [3.05, 3.63) is 66.9 Å². The lowest BCUT2D eigenvalue weighted by Crippen LogP contribution is -2.26. The number of carbonyl (C=O) groups is 1. The first-order valence-electron chi connectivity index (χ1n) is 8.68. The minimum Gasteiger partial charge on any atom is -0.480 e. The molecule has 1 aliphatic rings. The molecule has 0 atom stereocenters. The number of aromatic nitrogens is 1. The highest BCUT2D eigenvalue weighted by atomic mass is 32.2. The molecule has 1 N–H and O–H groups in total. The number of nitrogens with zero attached hydrogens (tertiary/aromatic N) is 2. The van der Waals surface area contributed by atoms with Crippen molar-refractivity contribution in [3.63, 3.8) is 0 Å². The predicted molar refractivity (Wildman–Crippen MR) is 108 cm³/mol. The zero-order valence-corrected chi connectivity index (χ0v) is 15.7. The van der Waals surface area contributed by atoms with E-state index >= 15 is 0 Å². The van der Waals surface area contributed by atoms with E-state index in [4.69, 9.17) is 4.74 Å². The molecule has 0 saturated carbocycles. The molecule has 0 spiro atoms. The first-order chi connectivity index (χ1) is 13.3. The molecule has 0 aliphatic carbocycles. The smallest absolute Gasteiger partial charge is 0.237 e. The Morgan fingerprint density at radius 1 is 1.04 bits per heavy atom. The molecule has 3 aromatic rings. The number of fused-ring (bicyclic) bond motifs is 2. The van der Waals surface area contributed by atoms with Crippen LogP contribution in [0.2, 0.25) is 0 Å². The summed E-state index contributed by atoms with van der Waals surface area (Å²) in [5.41, 5.74) is 2.85. The van der Waals surface area contributed by atoms with Gasteiger partial charge < -0.3 is 15.0 Å². The van der Waals surface area contributed by atoms with Crippen LogP contribution in [0.25, 0.3) is 0 Å². The number of rotatable bonds is 5. The summed E-state index contributed by atoms with van der Waals surface area (Å²) in [6, 6.07) is 20.1. The van der Waals surface area contributed by atoms with Crippen molar-refractivity contribution in [3.8, 4) is 5.88 Å². The zero-order chi connectivity index (χ0) is 18.6. The number of methoxy groups -OCH3 is 1. The second kappa shape index (κ2) is 7.72. The summed E-state index contributed by atoms with van der Waals surface area (Å²) in [7, 11) is 1.54. The van der Waals surface area contributed by atoms with Crippen LogP contribution in [0.1, 0.15) is 6.42 Å². The van der Waals surface area contributed by atoms with Gasteiger partial charge in [0.25, 0.3) is 0 Å². The van der Waals surface area contributed by atoms with Crippen molar-refractivity contribution in [2.75, 3.05) is 23.9 Å². The average Bonchev–Trinajstić information content (AvgIpc) is 2.71. The maximum atomic E-state index is 12.5. The molecule has 0 bridgehead atoms. The van der Waals surface area contributed by atoms with Crippen LogP contribution in [-0.4, -0.2) is 24.5 Å². The van der Waals surface area contributed by atoms with Crippen molar-refractivity contribution < 1.29 is 9.53 Å². The maximum Gasteiger partial charge on any atom is 0.237 e. The quantitative estimate of drug-likeness (QED) is 0.697. The number of para-hydroxylation sites is 2. The largest absolute Gasteiger partial charge is 0.480 e. The summed E-state index contributed by atoms with van der Waals surface area (Å²) in [6.45, 7) is 0.586. The maximum absolute atomic E-state index is 12.5. The first kappa shape index (κ1) is 17.4. The Kier molecular flexibility index (Phi) is 4.98. The SMILES string of the molecule is COc1ncccc1NC(=O)CCN1c2ccccc2Sc2ccccc21. The Hall–Kier alpha value is -2.99. The molecule has 0 saturated heterocycles. The van der Waals surface area contributed by atoms with Gasteiger partial charge >= 0.3 is 0 Å². The second-order valence-corrected chi connectivity index (χ2v) is 7.13. The molecule has 0 unspecified atom stereocenters. The van der Waals surface area contributed by atoms with E-state index in [1.165, 1.54) is 16.9 Å². The number of hydrogen-bond donors (Lipinski definition) is 1. The Balaban J connectivity index is 1.52. The van der Waals surface area contributed by atoms with Crippen LogP contribution >= 0.6 is 11.8 Å². The number of nitrogens with one attached hydrogen (secondary N) is 1. The second-order valence-electron chi connectivity index (χ2n) is 6.05. The lowest BCUT2D eigenvalue weighted by atomic mass is 10.2. The van der Waals surface area contributed by atoms with E-state index in [-0.39, 0.29) is 5.91 Å². The van der Waals surface area contributed by atoms with Crippen LogP contribution in [0, 0.1) is 0 Å². The highest BCUT2D eigenvalue weighted by molar-refractivity contribution is 7.99. The van der Waals surface area contributed by atoms with Gasteiger partial charge in [-0.05, 0) is 36.4 Å². The number of anilines is 3. The van der Waals surface area contributed by atoms with Gasteiger partial charge in [-0.3, -0.25) is 4.79 Å². The van der Waals surface area contributed by atoms with Crippen LogP contribution in [0.5, 0.6) is 5.88 Å². The van der Waals surface area contributed by atoms with E-state index in [1.807, 2.05) is 24.3 Å². The minimum absolute atomic E-state index is 0.0745. The topological polar surface area (TPSA) is 54.5 Å². The highest BCUT2D eigenvalue weighted by Gasteiger charge is 2.23. The van der Waals surface area contributed by atoms with Crippen LogP contribution < -0.4 is 15.0 Å². The van der Waals surface area contributed by atoms with Crippen molar-refractivity contribution in [1.29, 1.82) is 0 Å². The summed E-state index contributed by atoms with van der Waals surface area (Å²) < 4.78 is 5.19. The third-order valence-corrected chi connectivity index (χ3v) is 5.46. The molecule has 27 heavy (non-hydrogen) atoms. The van der Waals surface area contributed by atoms with E-state index < -0.39 is 0 Å². The van der Waals surface area contributed by atoms with E-state index in [1.54, 1.807) is 30.1 Å². The normalized spacial score (nSPS) is 12.1. The summed E-state index contributed by atoms with van der Waals surface area (Å²) in [5.74, 6) is 0.338. The van der Waals surface area contributed by atoms with Gasteiger partial charge in [-0.1, -0.05) is 36.0 Å². The molecule has 6 heteroatoms. The summed E-state index contributed by atoms with van der Waals surface area (Å²) in [6.07, 6.45) is 1.99. The molecular weight excluding hydrogens is 358 g/mol. The van der Waals surface area contributed by atoms with Gasteiger partial charge in [0.15, 0.2) is 0 Å². The lowest BCUT2D eigenvalue weighted by Gasteiger charge is -2.32. The van der Waals surface area contributed by atoms with E-state index in [0.717, 1.165) is 11.4 Å². The molecule has 1 aliphatic heterocycles. The summed E-state index contributed by atoms with van der Waals surface area (Å²) in [5, 5.41) is 2.89. The molecule has 4 rings (SSSR count). The number of pyridine rings is 1. The van der Waals surface area contributed by atoms with Gasteiger partial charge in [0.2, 0.25) is 11.8 Å². The van der Waals surface area contributed by atoms with E-state index in [2.05, 4.69) is 39.5 Å². The summed E-state index contributed by atoms with van der Waals surface area (Å²) in [4.78, 5) is 21.2. The summed E-state index contributed by atoms with van der Waals surface area (Å²) >= 11 is 1.76. The number of carbonyl (C=O) groups excluding carboxylic acids is 1. The number of hydrogen-bond acceptors (Lipinski definition) is 5. The predicted octanol–water partition coefficient (Wildman–Crippen LogP) is 4.72. The fourth-order valence-corrected chi connectivity index (χ4v) is 4.19. The Morgan fingerprint density at radius 2 is 1.70 bits per heavy atom. The number of ether oxygens (including phenoxy) is 1. The third kappa shape index (κ3) is 3.61. The first-order valence-corrected chi connectivity index (χ1v) is 9.50. The molecule has 5 nitrogen and oxygen atoms in total. The van der Waals surface area contributed by atoms with Crippen molar-refractivity contribution >= 4 is 34.7 Å². The van der Waals surface area contributed by atoms with Crippen molar-refractivity contribution in [2.45, 2.75) is 16.2 Å². The van der Waals surface area contributed by atoms with Crippen LogP contribution in [0.15, 0.2) is 76.7 Å². The molecule has 2 heterocycles. The molecule has 2 aromatic carbocycles. The van der Waals surface area contributed by atoms with Gasteiger partial charge in [-0.2, -0.15) is 0 Å². The monoisotopic (exact) mass is 377 g/mol.